The standard InChI is InChI=1S/C12H14ClN3OS/c13-9-7-15-5-4-8(9)12(17)16-6-2-1-3-10(16)11(14)18/h4-5,7,10H,1-3,6H2,(H2,14,18). The van der Waals surface area contributed by atoms with E-state index in [0.29, 0.717) is 22.1 Å². The van der Waals surface area contributed by atoms with Gasteiger partial charge in [-0.1, -0.05) is 23.8 Å². The predicted octanol–water partition coefficient (Wildman–Crippen LogP) is 2.02. The van der Waals surface area contributed by atoms with Gasteiger partial charge in [-0.2, -0.15) is 0 Å². The van der Waals surface area contributed by atoms with Crippen LogP contribution in [-0.4, -0.2) is 33.4 Å². The third kappa shape index (κ3) is 2.62. The number of nitrogens with zero attached hydrogens (tertiary/aromatic N) is 2. The highest BCUT2D eigenvalue weighted by Crippen LogP contribution is 2.22. The molecule has 1 unspecified atom stereocenters. The van der Waals surface area contributed by atoms with E-state index in [-0.39, 0.29) is 11.9 Å². The van der Waals surface area contributed by atoms with E-state index in [4.69, 9.17) is 29.6 Å². The molecule has 0 bridgehead atoms. The van der Waals surface area contributed by atoms with Gasteiger partial charge in [-0.25, -0.2) is 0 Å². The van der Waals surface area contributed by atoms with Gasteiger partial charge in [0, 0.05) is 18.9 Å². The quantitative estimate of drug-likeness (QED) is 0.844. The maximum absolute atomic E-state index is 12.4. The van der Waals surface area contributed by atoms with Crippen LogP contribution in [0.2, 0.25) is 5.02 Å². The zero-order valence-corrected chi connectivity index (χ0v) is 11.4. The molecule has 0 radical (unpaired) electrons. The Bertz CT molecular complexity index is 480. The Balaban J connectivity index is 2.27. The summed E-state index contributed by atoms with van der Waals surface area (Å²) in [6.45, 7) is 0.666. The monoisotopic (exact) mass is 283 g/mol. The third-order valence-electron chi connectivity index (χ3n) is 3.09. The van der Waals surface area contributed by atoms with Crippen LogP contribution >= 0.6 is 23.8 Å². The fourth-order valence-corrected chi connectivity index (χ4v) is 2.62. The molecule has 1 atom stereocenters. The van der Waals surface area contributed by atoms with Gasteiger partial charge < -0.3 is 10.6 Å². The molecule has 0 aromatic carbocycles. The molecule has 2 N–H and O–H groups in total. The van der Waals surface area contributed by atoms with E-state index in [1.807, 2.05) is 0 Å². The van der Waals surface area contributed by atoms with Crippen molar-refractivity contribution in [3.05, 3.63) is 29.0 Å². The summed E-state index contributed by atoms with van der Waals surface area (Å²) in [5, 5.41) is 0.356. The molecule has 1 saturated heterocycles. The number of carbonyl (C=O) groups is 1. The van der Waals surface area contributed by atoms with Crippen LogP contribution in [0.4, 0.5) is 0 Å². The molecule has 1 aromatic heterocycles. The maximum Gasteiger partial charge on any atom is 0.256 e. The molecule has 4 nitrogen and oxygen atoms in total. The van der Waals surface area contributed by atoms with Crippen molar-refractivity contribution in [2.75, 3.05) is 6.54 Å². The summed E-state index contributed by atoms with van der Waals surface area (Å²) >= 11 is 11.0. The van der Waals surface area contributed by atoms with E-state index in [0.717, 1.165) is 19.3 Å². The summed E-state index contributed by atoms with van der Waals surface area (Å²) in [5.74, 6) is -0.125. The first-order valence-corrected chi connectivity index (χ1v) is 6.59. The Morgan fingerprint density at radius 2 is 2.33 bits per heavy atom. The van der Waals surface area contributed by atoms with E-state index >= 15 is 0 Å². The molecule has 0 aliphatic carbocycles. The molecule has 2 rings (SSSR count). The number of carbonyl (C=O) groups excluding carboxylic acids is 1. The first kappa shape index (κ1) is 13.2. The van der Waals surface area contributed by atoms with Gasteiger partial charge in [-0.05, 0) is 25.3 Å². The molecule has 0 spiro atoms. The first-order valence-electron chi connectivity index (χ1n) is 5.81. The molecule has 18 heavy (non-hydrogen) atoms. The van der Waals surface area contributed by atoms with Gasteiger partial charge in [-0.15, -0.1) is 0 Å². The van der Waals surface area contributed by atoms with E-state index in [9.17, 15) is 4.79 Å². The molecule has 96 valence electrons. The number of aromatic nitrogens is 1. The normalized spacial score (nSPS) is 19.6. The number of halogens is 1. The first-order chi connectivity index (χ1) is 8.61. The number of amides is 1. The lowest BCUT2D eigenvalue weighted by molar-refractivity contribution is 0.0681. The van der Waals surface area contributed by atoms with Crippen molar-refractivity contribution in [1.82, 2.24) is 9.88 Å². The van der Waals surface area contributed by atoms with Crippen LogP contribution in [0.5, 0.6) is 0 Å². The van der Waals surface area contributed by atoms with Gasteiger partial charge >= 0.3 is 0 Å². The number of hydrogen-bond acceptors (Lipinski definition) is 3. The van der Waals surface area contributed by atoms with Crippen molar-refractivity contribution in [3.8, 4) is 0 Å². The van der Waals surface area contributed by atoms with Crippen LogP contribution in [0.3, 0.4) is 0 Å². The Kier molecular flexibility index (Phi) is 4.14. The van der Waals surface area contributed by atoms with E-state index < -0.39 is 0 Å². The molecule has 1 aromatic rings. The maximum atomic E-state index is 12.4. The second kappa shape index (κ2) is 5.63. The average molecular weight is 284 g/mol. The highest BCUT2D eigenvalue weighted by molar-refractivity contribution is 7.80. The largest absolute Gasteiger partial charge is 0.392 e. The fourth-order valence-electron chi connectivity index (χ4n) is 2.17. The van der Waals surface area contributed by atoms with Gasteiger partial charge in [0.1, 0.15) is 0 Å². The number of likely N-dealkylation sites (tertiary alicyclic amines) is 1. The zero-order valence-electron chi connectivity index (χ0n) is 9.80. The minimum atomic E-state index is -0.162. The molecule has 1 fully saturated rings. The van der Waals surface area contributed by atoms with Gasteiger partial charge in [-0.3, -0.25) is 9.78 Å². The fraction of sp³-hybridized carbons (Fsp3) is 0.417. The molecule has 6 heteroatoms. The molecule has 2 heterocycles. The minimum Gasteiger partial charge on any atom is -0.392 e. The van der Waals surface area contributed by atoms with Gasteiger partial charge in [0.2, 0.25) is 0 Å². The van der Waals surface area contributed by atoms with Crippen molar-refractivity contribution in [3.63, 3.8) is 0 Å². The van der Waals surface area contributed by atoms with Crippen molar-refractivity contribution >= 4 is 34.7 Å². The van der Waals surface area contributed by atoms with Crippen LogP contribution in [0.15, 0.2) is 18.5 Å². The number of rotatable bonds is 2. The number of hydrogen-bond donors (Lipinski definition) is 1. The van der Waals surface area contributed by atoms with Crippen molar-refractivity contribution in [2.45, 2.75) is 25.3 Å². The summed E-state index contributed by atoms with van der Waals surface area (Å²) in [5.41, 5.74) is 6.16. The topological polar surface area (TPSA) is 59.2 Å². The molecule has 1 amide bonds. The summed E-state index contributed by atoms with van der Waals surface area (Å²) in [6, 6.07) is 1.46. The number of thiocarbonyl (C=S) groups is 1. The van der Waals surface area contributed by atoms with Gasteiger partial charge in [0.15, 0.2) is 0 Å². The summed E-state index contributed by atoms with van der Waals surface area (Å²) in [4.78, 5) is 18.4. The Labute approximate surface area is 116 Å². The lowest BCUT2D eigenvalue weighted by Crippen LogP contribution is -2.49. The Hall–Kier alpha value is -1.20. The molecular formula is C12H14ClN3OS. The highest BCUT2D eigenvalue weighted by Gasteiger charge is 2.30. The van der Waals surface area contributed by atoms with Crippen LogP contribution < -0.4 is 5.73 Å². The van der Waals surface area contributed by atoms with Crippen LogP contribution in [-0.2, 0) is 0 Å². The number of pyridine rings is 1. The molecule has 0 saturated carbocycles. The van der Waals surface area contributed by atoms with E-state index in [1.165, 1.54) is 6.20 Å². The lowest BCUT2D eigenvalue weighted by atomic mass is 10.0. The third-order valence-corrected chi connectivity index (χ3v) is 3.67. The van der Waals surface area contributed by atoms with Crippen LogP contribution in [0.25, 0.3) is 0 Å². The van der Waals surface area contributed by atoms with Crippen LogP contribution in [0, 0.1) is 0 Å². The van der Waals surface area contributed by atoms with Gasteiger partial charge in [0.05, 0.1) is 21.6 Å². The highest BCUT2D eigenvalue weighted by atomic mass is 35.5. The smallest absolute Gasteiger partial charge is 0.256 e. The second-order valence-corrected chi connectivity index (χ2v) is 5.15. The second-order valence-electron chi connectivity index (χ2n) is 4.27. The van der Waals surface area contributed by atoms with E-state index in [2.05, 4.69) is 4.98 Å². The number of nitrogens with two attached hydrogens (primary N) is 1. The average Bonchev–Trinajstić information content (AvgIpc) is 2.38. The minimum absolute atomic E-state index is 0.125. The number of piperidine rings is 1. The zero-order chi connectivity index (χ0) is 13.1. The summed E-state index contributed by atoms with van der Waals surface area (Å²) in [7, 11) is 0. The lowest BCUT2D eigenvalue weighted by Gasteiger charge is -2.35. The summed E-state index contributed by atoms with van der Waals surface area (Å²) < 4.78 is 0. The predicted molar refractivity (Wildman–Crippen MR) is 74.7 cm³/mol. The molecular weight excluding hydrogens is 270 g/mol. The van der Waals surface area contributed by atoms with Crippen LogP contribution in [0.1, 0.15) is 29.6 Å². The van der Waals surface area contributed by atoms with Crippen molar-refractivity contribution in [1.29, 1.82) is 0 Å². The van der Waals surface area contributed by atoms with E-state index in [1.54, 1.807) is 17.2 Å². The Morgan fingerprint density at radius 3 is 3.00 bits per heavy atom. The molecule has 1 aliphatic heterocycles. The van der Waals surface area contributed by atoms with Crippen molar-refractivity contribution < 1.29 is 4.79 Å². The van der Waals surface area contributed by atoms with Gasteiger partial charge in [0.25, 0.3) is 5.91 Å². The summed E-state index contributed by atoms with van der Waals surface area (Å²) in [6.07, 6.45) is 5.85. The SMILES string of the molecule is NC(=S)C1CCCCN1C(=O)c1ccncc1Cl. The molecule has 1 aliphatic rings. The Morgan fingerprint density at radius 1 is 1.56 bits per heavy atom. The van der Waals surface area contributed by atoms with Crippen molar-refractivity contribution in [2.24, 2.45) is 5.73 Å².